The van der Waals surface area contributed by atoms with E-state index in [9.17, 15) is 9.90 Å². The van der Waals surface area contributed by atoms with Crippen molar-refractivity contribution in [2.75, 3.05) is 18.6 Å². The lowest BCUT2D eigenvalue weighted by Gasteiger charge is -2.23. The molecule has 5 nitrogen and oxygen atoms in total. The van der Waals surface area contributed by atoms with Gasteiger partial charge in [-0.2, -0.15) is 11.8 Å². The number of hydrazine groups is 1. The Kier molecular flexibility index (Phi) is 7.84. The third-order valence-electron chi connectivity index (χ3n) is 4.44. The van der Waals surface area contributed by atoms with Crippen molar-refractivity contribution in [3.05, 3.63) is 34.9 Å². The summed E-state index contributed by atoms with van der Waals surface area (Å²) in [6, 6.07) is 7.76. The van der Waals surface area contributed by atoms with E-state index in [0.29, 0.717) is 11.4 Å². The van der Waals surface area contributed by atoms with Crippen molar-refractivity contribution in [3.63, 3.8) is 0 Å². The van der Waals surface area contributed by atoms with Gasteiger partial charge < -0.3 is 10.4 Å². The molecular weight excluding hydrogens is 346 g/mol. The van der Waals surface area contributed by atoms with Gasteiger partial charge in [-0.25, -0.2) is 5.43 Å². The fourth-order valence-corrected chi connectivity index (χ4v) is 3.64. The van der Waals surface area contributed by atoms with Gasteiger partial charge in [0.2, 0.25) is 5.91 Å². The molecule has 1 amide bonds. The van der Waals surface area contributed by atoms with Crippen LogP contribution >= 0.6 is 23.4 Å². The summed E-state index contributed by atoms with van der Waals surface area (Å²) in [5.41, 5.74) is 7.60. The highest BCUT2D eigenvalue weighted by Gasteiger charge is 2.35. The van der Waals surface area contributed by atoms with Crippen LogP contribution in [-0.4, -0.2) is 41.7 Å². The van der Waals surface area contributed by atoms with Crippen LogP contribution in [0.15, 0.2) is 24.3 Å². The maximum absolute atomic E-state index is 12.4. The molecule has 3 unspecified atom stereocenters. The highest BCUT2D eigenvalue weighted by molar-refractivity contribution is 7.98. The summed E-state index contributed by atoms with van der Waals surface area (Å²) in [6.07, 6.45) is 3.20. The fraction of sp³-hybridized carbons (Fsp3) is 0.588. The summed E-state index contributed by atoms with van der Waals surface area (Å²) < 4.78 is 0. The van der Waals surface area contributed by atoms with Gasteiger partial charge in [0.25, 0.3) is 0 Å². The number of amides is 1. The lowest BCUT2D eigenvalue weighted by Crippen LogP contribution is -2.40. The molecule has 0 saturated carbocycles. The third kappa shape index (κ3) is 5.36. The van der Waals surface area contributed by atoms with Crippen molar-refractivity contribution in [1.82, 2.24) is 16.2 Å². The summed E-state index contributed by atoms with van der Waals surface area (Å²) in [4.78, 5) is 12.4. The molecule has 1 aromatic rings. The first-order valence-corrected chi connectivity index (χ1v) is 9.98. The largest absolute Gasteiger partial charge is 0.394 e. The summed E-state index contributed by atoms with van der Waals surface area (Å²) in [5.74, 6) is 1.03. The second-order valence-electron chi connectivity index (χ2n) is 6.20. The Balaban J connectivity index is 1.97. The van der Waals surface area contributed by atoms with E-state index < -0.39 is 0 Å². The smallest absolute Gasteiger partial charge is 0.220 e. The topological polar surface area (TPSA) is 73.4 Å². The Morgan fingerprint density at radius 2 is 2.08 bits per heavy atom. The quantitative estimate of drug-likeness (QED) is 0.563. The number of benzene rings is 1. The van der Waals surface area contributed by atoms with Crippen molar-refractivity contribution < 1.29 is 9.90 Å². The molecule has 1 fully saturated rings. The standard InChI is InChI=1S/C17H26ClN3O2S/c1-11-15(9-16(23)19-14(10-22)7-8-24-2)17(21-20-11)12-3-5-13(18)6-4-12/h3-6,11,14-15,17,20-22H,7-10H2,1-2H3,(H,19,23)/t11?,14-,15?,17?/m1/s1. The van der Waals surface area contributed by atoms with E-state index in [4.69, 9.17) is 11.6 Å². The highest BCUT2D eigenvalue weighted by atomic mass is 35.5. The molecule has 4 atom stereocenters. The number of halogens is 1. The third-order valence-corrected chi connectivity index (χ3v) is 5.34. The average Bonchev–Trinajstić information content (AvgIpc) is 2.93. The molecule has 7 heteroatoms. The van der Waals surface area contributed by atoms with Crippen molar-refractivity contribution in [3.8, 4) is 0 Å². The molecule has 0 radical (unpaired) electrons. The van der Waals surface area contributed by atoms with Gasteiger partial charge in [-0.3, -0.25) is 10.2 Å². The van der Waals surface area contributed by atoms with E-state index in [2.05, 4.69) is 23.1 Å². The van der Waals surface area contributed by atoms with Crippen LogP contribution < -0.4 is 16.2 Å². The minimum atomic E-state index is -0.170. The Bertz CT molecular complexity index is 529. The van der Waals surface area contributed by atoms with Gasteiger partial charge in [0.1, 0.15) is 0 Å². The van der Waals surface area contributed by atoms with E-state index in [1.165, 1.54) is 0 Å². The van der Waals surface area contributed by atoms with Crippen LogP contribution in [0.2, 0.25) is 5.02 Å². The van der Waals surface area contributed by atoms with E-state index in [-0.39, 0.29) is 36.6 Å². The van der Waals surface area contributed by atoms with E-state index in [1.54, 1.807) is 11.8 Å². The zero-order valence-corrected chi connectivity index (χ0v) is 15.7. The van der Waals surface area contributed by atoms with Crippen LogP contribution in [0, 0.1) is 5.92 Å². The Morgan fingerprint density at radius 1 is 1.38 bits per heavy atom. The number of nitrogens with one attached hydrogen (secondary N) is 3. The number of aliphatic hydroxyl groups excluding tert-OH is 1. The van der Waals surface area contributed by atoms with E-state index >= 15 is 0 Å². The SMILES string of the molecule is CSCC[C@H](CO)NC(=O)CC1C(C)NNC1c1ccc(Cl)cc1. The zero-order valence-electron chi connectivity index (χ0n) is 14.1. The first-order chi connectivity index (χ1) is 11.5. The molecule has 0 aromatic heterocycles. The number of carbonyl (C=O) groups is 1. The van der Waals surface area contributed by atoms with Crippen LogP contribution in [0.1, 0.15) is 31.4 Å². The Hall–Kier alpha value is -0.790. The zero-order chi connectivity index (χ0) is 17.5. The number of hydrogen-bond acceptors (Lipinski definition) is 5. The Labute approximate surface area is 152 Å². The second kappa shape index (κ2) is 9.63. The summed E-state index contributed by atoms with van der Waals surface area (Å²) in [6.45, 7) is 2.04. The number of hydrogen-bond donors (Lipinski definition) is 4. The van der Waals surface area contributed by atoms with Gasteiger partial charge in [-0.15, -0.1) is 0 Å². The van der Waals surface area contributed by atoms with Gasteiger partial charge in [-0.05, 0) is 43.0 Å². The molecule has 1 aliphatic rings. The van der Waals surface area contributed by atoms with Gasteiger partial charge in [0.05, 0.1) is 18.7 Å². The van der Waals surface area contributed by atoms with Gasteiger partial charge in [-0.1, -0.05) is 23.7 Å². The second-order valence-corrected chi connectivity index (χ2v) is 7.63. The number of carbonyl (C=O) groups excluding carboxylic acids is 1. The van der Waals surface area contributed by atoms with Gasteiger partial charge in [0, 0.05) is 23.4 Å². The Morgan fingerprint density at radius 3 is 2.71 bits per heavy atom. The first-order valence-electron chi connectivity index (χ1n) is 8.20. The van der Waals surface area contributed by atoms with Crippen LogP contribution in [0.3, 0.4) is 0 Å². The minimum Gasteiger partial charge on any atom is -0.394 e. The van der Waals surface area contributed by atoms with E-state index in [1.807, 2.05) is 30.5 Å². The van der Waals surface area contributed by atoms with Crippen molar-refractivity contribution in [2.45, 2.75) is 37.9 Å². The van der Waals surface area contributed by atoms with Crippen molar-refractivity contribution in [2.24, 2.45) is 5.92 Å². The lowest BCUT2D eigenvalue weighted by atomic mass is 9.87. The molecule has 4 N–H and O–H groups in total. The van der Waals surface area contributed by atoms with E-state index in [0.717, 1.165) is 17.7 Å². The molecule has 0 aliphatic carbocycles. The molecule has 24 heavy (non-hydrogen) atoms. The lowest BCUT2D eigenvalue weighted by molar-refractivity contribution is -0.123. The molecule has 0 spiro atoms. The predicted molar refractivity (Wildman–Crippen MR) is 100 cm³/mol. The van der Waals surface area contributed by atoms with Crippen LogP contribution in [0.4, 0.5) is 0 Å². The predicted octanol–water partition coefficient (Wildman–Crippen LogP) is 2.11. The van der Waals surface area contributed by atoms with Crippen molar-refractivity contribution in [1.29, 1.82) is 0 Å². The van der Waals surface area contributed by atoms with Crippen molar-refractivity contribution >= 4 is 29.3 Å². The molecule has 1 aliphatic heterocycles. The van der Waals surface area contributed by atoms with Crippen LogP contribution in [-0.2, 0) is 4.79 Å². The number of aliphatic hydroxyl groups is 1. The van der Waals surface area contributed by atoms with Gasteiger partial charge in [0.15, 0.2) is 0 Å². The summed E-state index contributed by atoms with van der Waals surface area (Å²) in [5, 5.41) is 13.1. The van der Waals surface area contributed by atoms with Crippen LogP contribution in [0.25, 0.3) is 0 Å². The minimum absolute atomic E-state index is 0.0172. The molecule has 1 saturated heterocycles. The first kappa shape index (κ1) is 19.5. The highest BCUT2D eigenvalue weighted by Crippen LogP contribution is 2.31. The number of thioether (sulfide) groups is 1. The molecule has 0 bridgehead atoms. The normalized spacial score (nSPS) is 24.8. The molecule has 134 valence electrons. The average molecular weight is 372 g/mol. The molecule has 1 aromatic carbocycles. The summed E-state index contributed by atoms with van der Waals surface area (Å²) >= 11 is 7.67. The molecule has 2 rings (SSSR count). The maximum atomic E-state index is 12.4. The monoisotopic (exact) mass is 371 g/mol. The molecular formula is C17H26ClN3O2S. The number of rotatable bonds is 8. The van der Waals surface area contributed by atoms with Gasteiger partial charge >= 0.3 is 0 Å². The molecule has 1 heterocycles. The maximum Gasteiger partial charge on any atom is 0.220 e. The van der Waals surface area contributed by atoms with Crippen LogP contribution in [0.5, 0.6) is 0 Å². The summed E-state index contributed by atoms with van der Waals surface area (Å²) in [7, 11) is 0. The fourth-order valence-electron chi connectivity index (χ4n) is 2.99.